The fourth-order valence-electron chi connectivity index (χ4n) is 2.49. The Kier molecular flexibility index (Phi) is 10.5. The molecule has 0 N–H and O–H groups in total. The number of hydrogen-bond donors (Lipinski definition) is 0. The standard InChI is InChI=1S/C9H17N2.C2H5.CH4.W/c1-10-6-8-4-3-5-11(2)9(8)7-10;1-2;;/h8-9H,1,3-7H2,2H3;1H2,2H3;1H4;/q2*-1;;+2/t8-,9+;;;/m1.../s1. The van der Waals surface area contributed by atoms with Crippen molar-refractivity contribution in [3.8, 4) is 0 Å². The summed E-state index contributed by atoms with van der Waals surface area (Å²) >= 11 is 0. The normalized spacial score (nSPS) is 30.4. The molecule has 3 heteroatoms. The summed E-state index contributed by atoms with van der Waals surface area (Å²) in [6.07, 6.45) is 2.80. The molecule has 2 nitrogen and oxygen atoms in total. The Bertz CT molecular complexity index is 153. The van der Waals surface area contributed by atoms with Gasteiger partial charge < -0.3 is 16.7 Å². The molecule has 2 rings (SSSR count). The van der Waals surface area contributed by atoms with Gasteiger partial charge in [-0.15, -0.1) is 0 Å². The van der Waals surface area contributed by atoms with Gasteiger partial charge in [0.2, 0.25) is 0 Å². The number of likely N-dealkylation sites (tertiary alicyclic amines) is 2. The molecule has 0 saturated carbocycles. The number of likely N-dealkylation sites (N-methyl/N-ethyl adjacent to an activating group) is 1. The Morgan fingerprint density at radius 3 is 2.33 bits per heavy atom. The molecule has 0 aromatic heterocycles. The fourth-order valence-corrected chi connectivity index (χ4v) is 2.49. The molecule has 0 spiro atoms. The summed E-state index contributed by atoms with van der Waals surface area (Å²) in [6.45, 7) is 8.69. The summed E-state index contributed by atoms with van der Waals surface area (Å²) in [7, 11) is 6.25. The van der Waals surface area contributed by atoms with Crippen LogP contribution in [0.2, 0.25) is 0 Å². The minimum Gasteiger partial charge on any atom is -0.458 e. The van der Waals surface area contributed by atoms with E-state index in [0.29, 0.717) is 0 Å². The minimum absolute atomic E-state index is 0. The number of rotatable bonds is 0. The largest absolute Gasteiger partial charge is 2.00 e. The summed E-state index contributed by atoms with van der Waals surface area (Å²) in [5, 5.41) is 0. The zero-order valence-electron chi connectivity index (χ0n) is 9.41. The van der Waals surface area contributed by atoms with E-state index >= 15 is 0 Å². The van der Waals surface area contributed by atoms with Crippen LogP contribution in [0.1, 0.15) is 27.2 Å². The second kappa shape index (κ2) is 8.73. The molecule has 2 atom stereocenters. The first-order valence-corrected chi connectivity index (χ1v) is 5.24. The number of fused-ring (bicyclic) bond motifs is 1. The summed E-state index contributed by atoms with van der Waals surface area (Å²) in [6, 6.07) is 0.807. The first-order valence-electron chi connectivity index (χ1n) is 5.24. The molecule has 0 bridgehead atoms. The van der Waals surface area contributed by atoms with Gasteiger partial charge in [0.25, 0.3) is 0 Å². The Balaban J connectivity index is 0. The van der Waals surface area contributed by atoms with E-state index in [9.17, 15) is 0 Å². The number of nitrogens with zero attached hydrogens (tertiary/aromatic N) is 2. The van der Waals surface area contributed by atoms with E-state index in [4.69, 9.17) is 0 Å². The minimum atomic E-state index is 0. The molecule has 0 amide bonds. The van der Waals surface area contributed by atoms with Crippen LogP contribution < -0.4 is 0 Å². The van der Waals surface area contributed by atoms with Crippen LogP contribution in [-0.4, -0.2) is 42.5 Å². The average molecular weight is 382 g/mol. The predicted octanol–water partition coefficient (Wildman–Crippen LogP) is 2.28. The van der Waals surface area contributed by atoms with Crippen LogP contribution in [0.15, 0.2) is 0 Å². The van der Waals surface area contributed by atoms with Gasteiger partial charge in [-0.25, -0.2) is 0 Å². The van der Waals surface area contributed by atoms with E-state index in [1.807, 2.05) is 0 Å². The maximum Gasteiger partial charge on any atom is 2.00 e. The van der Waals surface area contributed by atoms with Crippen molar-refractivity contribution in [2.45, 2.75) is 33.2 Å². The van der Waals surface area contributed by atoms with Crippen molar-refractivity contribution in [1.82, 2.24) is 9.80 Å². The van der Waals surface area contributed by atoms with Gasteiger partial charge in [-0.3, -0.25) is 7.05 Å². The predicted molar refractivity (Wildman–Crippen MR) is 63.8 cm³/mol. The van der Waals surface area contributed by atoms with Crippen LogP contribution in [0.3, 0.4) is 0 Å². The molecule has 2 heterocycles. The molecule has 90 valence electrons. The van der Waals surface area contributed by atoms with Gasteiger partial charge in [0.1, 0.15) is 0 Å². The van der Waals surface area contributed by atoms with Gasteiger partial charge in [0.15, 0.2) is 0 Å². The van der Waals surface area contributed by atoms with Gasteiger partial charge >= 0.3 is 21.1 Å². The van der Waals surface area contributed by atoms with Crippen LogP contribution >= 0.6 is 0 Å². The molecule has 2 saturated heterocycles. The molecule has 0 radical (unpaired) electrons. The second-order valence-corrected chi connectivity index (χ2v) is 3.99. The third-order valence-electron chi connectivity index (χ3n) is 3.13. The van der Waals surface area contributed by atoms with Gasteiger partial charge in [-0.05, 0) is 45.4 Å². The first kappa shape index (κ1) is 18.0. The quantitative estimate of drug-likeness (QED) is 0.594. The van der Waals surface area contributed by atoms with Crippen molar-refractivity contribution < 1.29 is 21.1 Å². The topological polar surface area (TPSA) is 6.48 Å². The Morgan fingerprint density at radius 1 is 1.20 bits per heavy atom. The maximum atomic E-state index is 4.00. The van der Waals surface area contributed by atoms with Crippen molar-refractivity contribution in [2.24, 2.45) is 5.92 Å². The van der Waals surface area contributed by atoms with Crippen molar-refractivity contribution in [3.63, 3.8) is 0 Å². The zero-order valence-corrected chi connectivity index (χ0v) is 12.3. The molecule has 0 aromatic rings. The number of hydrogen-bond acceptors (Lipinski definition) is 2. The van der Waals surface area contributed by atoms with E-state index < -0.39 is 0 Å². The molecular formula is C12H26N2W. The van der Waals surface area contributed by atoms with Crippen LogP contribution in [0.5, 0.6) is 0 Å². The van der Waals surface area contributed by atoms with E-state index in [2.05, 4.69) is 30.8 Å². The van der Waals surface area contributed by atoms with Gasteiger partial charge in [0, 0.05) is 6.04 Å². The van der Waals surface area contributed by atoms with E-state index in [-0.39, 0.29) is 28.5 Å². The first-order chi connectivity index (χ1) is 6.27. The molecule has 2 aliphatic heterocycles. The molecule has 0 aliphatic carbocycles. The Hall–Kier alpha value is 0.608. The second-order valence-electron chi connectivity index (χ2n) is 3.99. The van der Waals surface area contributed by atoms with Crippen LogP contribution in [0.25, 0.3) is 0 Å². The van der Waals surface area contributed by atoms with Gasteiger partial charge in [-0.2, -0.15) is 6.92 Å². The molecule has 2 aliphatic rings. The third-order valence-corrected chi connectivity index (χ3v) is 3.13. The van der Waals surface area contributed by atoms with Crippen molar-refractivity contribution in [2.75, 3.05) is 26.7 Å². The van der Waals surface area contributed by atoms with E-state index in [0.717, 1.165) is 12.0 Å². The summed E-state index contributed by atoms with van der Waals surface area (Å²) in [5.41, 5.74) is 0. The smallest absolute Gasteiger partial charge is 0.458 e. The monoisotopic (exact) mass is 382 g/mol. The summed E-state index contributed by atoms with van der Waals surface area (Å²) in [5.74, 6) is 0.909. The number of piperidine rings is 1. The van der Waals surface area contributed by atoms with E-state index in [1.54, 1.807) is 6.92 Å². The average Bonchev–Trinajstić information content (AvgIpc) is 2.51. The van der Waals surface area contributed by atoms with Crippen molar-refractivity contribution in [1.29, 1.82) is 0 Å². The van der Waals surface area contributed by atoms with E-state index in [1.165, 1.54) is 32.5 Å². The maximum absolute atomic E-state index is 4.00. The molecule has 0 aromatic carbocycles. The van der Waals surface area contributed by atoms with Gasteiger partial charge in [0.05, 0.1) is 0 Å². The van der Waals surface area contributed by atoms with Crippen LogP contribution in [0, 0.1) is 19.9 Å². The Morgan fingerprint density at radius 2 is 1.80 bits per heavy atom. The van der Waals surface area contributed by atoms with Crippen molar-refractivity contribution >= 4 is 0 Å². The molecule has 0 unspecified atom stereocenters. The Labute approximate surface area is 111 Å². The summed E-state index contributed by atoms with van der Waals surface area (Å²) < 4.78 is 0. The molecule has 2 fully saturated rings. The molecular weight excluding hydrogens is 356 g/mol. The third kappa shape index (κ3) is 4.54. The zero-order chi connectivity index (χ0) is 9.84. The summed E-state index contributed by atoms with van der Waals surface area (Å²) in [4.78, 5) is 4.72. The van der Waals surface area contributed by atoms with Crippen LogP contribution in [0.4, 0.5) is 0 Å². The molecule has 15 heavy (non-hydrogen) atoms. The van der Waals surface area contributed by atoms with Gasteiger partial charge in [-0.1, -0.05) is 7.43 Å². The fraction of sp³-hybridized carbons (Fsp3) is 0.833. The SMILES string of the molecule is C.[CH2-]C.[CH2-]N1C[C@H]2CCCN(C)[C@H]2C1.[W+2]. The van der Waals surface area contributed by atoms with Crippen LogP contribution in [-0.2, 0) is 21.1 Å². The van der Waals surface area contributed by atoms with Crippen molar-refractivity contribution in [3.05, 3.63) is 14.0 Å².